The van der Waals surface area contributed by atoms with E-state index in [0.717, 1.165) is 4.47 Å². The van der Waals surface area contributed by atoms with E-state index in [9.17, 15) is 9.59 Å². The van der Waals surface area contributed by atoms with Crippen LogP contribution >= 0.6 is 27.5 Å². The predicted octanol–water partition coefficient (Wildman–Crippen LogP) is 3.08. The van der Waals surface area contributed by atoms with Crippen LogP contribution in [0.2, 0.25) is 5.02 Å². The van der Waals surface area contributed by atoms with Crippen LogP contribution in [0.5, 0.6) is 5.75 Å². The van der Waals surface area contributed by atoms with Gasteiger partial charge in [-0.15, -0.1) is 0 Å². The van der Waals surface area contributed by atoms with Gasteiger partial charge in [-0.25, -0.2) is 0 Å². The Balaban J connectivity index is 1.38. The van der Waals surface area contributed by atoms with E-state index < -0.39 is 5.91 Å². The molecule has 8 nitrogen and oxygen atoms in total. The molecule has 2 amide bonds. The van der Waals surface area contributed by atoms with E-state index in [1.54, 1.807) is 36.4 Å². The number of carbonyl (C=O) groups is 2. The number of nitrogens with one attached hydrogen (secondary N) is 2. The lowest BCUT2D eigenvalue weighted by molar-refractivity contribution is -0.123. The zero-order valence-electron chi connectivity index (χ0n) is 15.0. The van der Waals surface area contributed by atoms with E-state index in [0.29, 0.717) is 16.3 Å². The van der Waals surface area contributed by atoms with Gasteiger partial charge in [-0.2, -0.15) is 4.98 Å². The molecule has 0 spiro atoms. The summed E-state index contributed by atoms with van der Waals surface area (Å²) in [4.78, 5) is 27.9. The zero-order valence-corrected chi connectivity index (χ0v) is 17.4. The van der Waals surface area contributed by atoms with Crippen molar-refractivity contribution >= 4 is 39.3 Å². The van der Waals surface area contributed by atoms with E-state index in [4.69, 9.17) is 20.9 Å². The number of carbonyl (C=O) groups excluding carboxylic acids is 2. The Morgan fingerprint density at radius 1 is 1.03 bits per heavy atom. The maximum Gasteiger partial charge on any atom is 0.316 e. The molecule has 0 atom stereocenters. The van der Waals surface area contributed by atoms with Gasteiger partial charge in [0.25, 0.3) is 5.91 Å². The topological polar surface area (TPSA) is 106 Å². The second-order valence-electron chi connectivity index (χ2n) is 5.78. The molecule has 0 bridgehead atoms. The molecule has 2 aromatic carbocycles. The molecule has 0 radical (unpaired) electrons. The molecule has 3 aromatic rings. The molecule has 29 heavy (non-hydrogen) atoms. The molecule has 10 heteroatoms. The van der Waals surface area contributed by atoms with Crippen molar-refractivity contribution in [3.8, 4) is 17.1 Å². The Kier molecular flexibility index (Phi) is 7.20. The molecule has 1 aromatic heterocycles. The Labute approximate surface area is 179 Å². The molecule has 3 rings (SSSR count). The average Bonchev–Trinajstić information content (AvgIpc) is 3.21. The Morgan fingerprint density at radius 2 is 1.72 bits per heavy atom. The summed E-state index contributed by atoms with van der Waals surface area (Å²) in [5, 5.41) is 9.59. The smallest absolute Gasteiger partial charge is 0.316 e. The molecule has 0 unspecified atom stereocenters. The lowest BCUT2D eigenvalue weighted by Gasteiger charge is -2.07. The monoisotopic (exact) mass is 478 g/mol. The van der Waals surface area contributed by atoms with E-state index in [1.807, 2.05) is 12.1 Å². The van der Waals surface area contributed by atoms with Crippen LogP contribution in [0, 0.1) is 0 Å². The molecule has 2 N–H and O–H groups in total. The first-order chi connectivity index (χ1) is 14.0. The van der Waals surface area contributed by atoms with Gasteiger partial charge in [0.2, 0.25) is 5.82 Å². The van der Waals surface area contributed by atoms with Gasteiger partial charge in [-0.3, -0.25) is 9.59 Å². The first-order valence-electron chi connectivity index (χ1n) is 8.54. The molecule has 0 aliphatic heterocycles. The minimum Gasteiger partial charge on any atom is -0.484 e. The lowest BCUT2D eigenvalue weighted by Crippen LogP contribution is -2.36. The van der Waals surface area contributed by atoms with Crippen LogP contribution in [-0.4, -0.2) is 41.7 Å². The largest absolute Gasteiger partial charge is 0.484 e. The summed E-state index contributed by atoms with van der Waals surface area (Å²) in [7, 11) is 0. The van der Waals surface area contributed by atoms with Crippen molar-refractivity contribution in [1.82, 2.24) is 20.8 Å². The fourth-order valence-corrected chi connectivity index (χ4v) is 2.61. The van der Waals surface area contributed by atoms with Gasteiger partial charge < -0.3 is 19.9 Å². The number of hydrogen-bond acceptors (Lipinski definition) is 6. The summed E-state index contributed by atoms with van der Waals surface area (Å²) < 4.78 is 11.3. The highest BCUT2D eigenvalue weighted by Gasteiger charge is 2.15. The van der Waals surface area contributed by atoms with Gasteiger partial charge in [0.15, 0.2) is 6.61 Å². The van der Waals surface area contributed by atoms with E-state index in [-0.39, 0.29) is 37.3 Å². The zero-order chi connectivity index (χ0) is 20.6. The summed E-state index contributed by atoms with van der Waals surface area (Å²) in [6.07, 6.45) is 0. The van der Waals surface area contributed by atoms with Crippen LogP contribution in [0.25, 0.3) is 11.4 Å². The van der Waals surface area contributed by atoms with Gasteiger partial charge in [0, 0.05) is 28.1 Å². The highest BCUT2D eigenvalue weighted by atomic mass is 79.9. The van der Waals surface area contributed by atoms with Gasteiger partial charge in [-0.1, -0.05) is 32.7 Å². The van der Waals surface area contributed by atoms with Crippen molar-refractivity contribution in [3.63, 3.8) is 0 Å². The van der Waals surface area contributed by atoms with Crippen molar-refractivity contribution in [2.75, 3.05) is 19.7 Å². The minimum absolute atomic E-state index is 0.121. The maximum atomic E-state index is 12.1. The van der Waals surface area contributed by atoms with Gasteiger partial charge in [-0.05, 0) is 48.5 Å². The predicted molar refractivity (Wildman–Crippen MR) is 110 cm³/mol. The second kappa shape index (κ2) is 10.0. The minimum atomic E-state index is -0.530. The van der Waals surface area contributed by atoms with Crippen LogP contribution in [0.4, 0.5) is 0 Å². The third kappa shape index (κ3) is 6.30. The summed E-state index contributed by atoms with van der Waals surface area (Å²) >= 11 is 9.16. The number of ether oxygens (including phenoxy) is 1. The average molecular weight is 480 g/mol. The van der Waals surface area contributed by atoms with Crippen molar-refractivity contribution < 1.29 is 18.8 Å². The van der Waals surface area contributed by atoms with Crippen molar-refractivity contribution in [2.24, 2.45) is 0 Å². The third-order valence-electron chi connectivity index (χ3n) is 3.64. The first-order valence-corrected chi connectivity index (χ1v) is 9.71. The number of benzene rings is 2. The van der Waals surface area contributed by atoms with Crippen molar-refractivity contribution in [1.29, 1.82) is 0 Å². The highest BCUT2D eigenvalue weighted by Crippen LogP contribution is 2.18. The molecular weight excluding hydrogens is 464 g/mol. The number of aromatic nitrogens is 2. The standard InChI is InChI=1S/C19H16BrClN4O4/c20-13-3-7-15(8-4-13)28-11-16(26)22-9-10-23-18(27)19-24-17(25-29-19)12-1-5-14(21)6-2-12/h1-8H,9-11H2,(H,22,26)(H,23,27). The fourth-order valence-electron chi connectivity index (χ4n) is 2.22. The number of nitrogens with zero attached hydrogens (tertiary/aromatic N) is 2. The number of rotatable bonds is 8. The summed E-state index contributed by atoms with van der Waals surface area (Å²) in [6.45, 7) is 0.303. The molecule has 0 aliphatic rings. The van der Waals surface area contributed by atoms with Crippen molar-refractivity contribution in [3.05, 3.63) is 63.9 Å². The Hall–Kier alpha value is -2.91. The van der Waals surface area contributed by atoms with Gasteiger partial charge in [0.05, 0.1) is 0 Å². The maximum absolute atomic E-state index is 12.1. The van der Waals surface area contributed by atoms with Crippen LogP contribution in [0.1, 0.15) is 10.7 Å². The van der Waals surface area contributed by atoms with Gasteiger partial charge >= 0.3 is 11.8 Å². The molecule has 0 saturated heterocycles. The quantitative estimate of drug-likeness (QED) is 0.481. The highest BCUT2D eigenvalue weighted by molar-refractivity contribution is 9.10. The van der Waals surface area contributed by atoms with Crippen LogP contribution in [0.3, 0.4) is 0 Å². The SMILES string of the molecule is O=C(COc1ccc(Br)cc1)NCCNC(=O)c1nc(-c2ccc(Cl)cc2)no1. The summed E-state index contributed by atoms with van der Waals surface area (Å²) in [5.41, 5.74) is 0.676. The van der Waals surface area contributed by atoms with Crippen LogP contribution in [0.15, 0.2) is 57.5 Å². The molecule has 0 fully saturated rings. The molecule has 150 valence electrons. The number of hydrogen-bond donors (Lipinski definition) is 2. The van der Waals surface area contributed by atoms with Crippen LogP contribution in [-0.2, 0) is 4.79 Å². The summed E-state index contributed by atoms with van der Waals surface area (Å²) in [6, 6.07) is 14.0. The molecule has 0 aliphatic carbocycles. The van der Waals surface area contributed by atoms with E-state index in [1.165, 1.54) is 0 Å². The fraction of sp³-hybridized carbons (Fsp3) is 0.158. The third-order valence-corrected chi connectivity index (χ3v) is 4.42. The van der Waals surface area contributed by atoms with E-state index in [2.05, 4.69) is 36.7 Å². The molecule has 1 heterocycles. The number of amides is 2. The van der Waals surface area contributed by atoms with Crippen LogP contribution < -0.4 is 15.4 Å². The normalized spacial score (nSPS) is 10.4. The van der Waals surface area contributed by atoms with Gasteiger partial charge in [0.1, 0.15) is 5.75 Å². The summed E-state index contributed by atoms with van der Waals surface area (Å²) in [5.74, 6) is -0.127. The first kappa shape index (κ1) is 20.8. The second-order valence-corrected chi connectivity index (χ2v) is 7.13. The van der Waals surface area contributed by atoms with E-state index >= 15 is 0 Å². The molecular formula is C19H16BrClN4O4. The Morgan fingerprint density at radius 3 is 2.45 bits per heavy atom. The Bertz CT molecular complexity index is 977. The molecule has 0 saturated carbocycles. The number of halogens is 2. The lowest BCUT2D eigenvalue weighted by atomic mass is 10.2. The van der Waals surface area contributed by atoms with Crippen molar-refractivity contribution in [2.45, 2.75) is 0 Å².